The second-order valence-electron chi connectivity index (χ2n) is 2.75. The fraction of sp³-hybridized carbons (Fsp3) is 0.111. The molecule has 2 nitrogen and oxygen atoms in total. The van der Waals surface area contributed by atoms with Crippen molar-refractivity contribution in [3.05, 3.63) is 34.2 Å². The Labute approximate surface area is 85.5 Å². The molecule has 0 saturated heterocycles. The number of benzene rings is 1. The number of para-hydroxylation sites is 1. The minimum atomic E-state index is 0.187. The average molecular weight is 213 g/mol. The maximum Gasteiger partial charge on any atom is 0.224 e. The van der Waals surface area contributed by atoms with Crippen molar-refractivity contribution in [2.75, 3.05) is 0 Å². The van der Waals surface area contributed by atoms with Crippen LogP contribution in [0.2, 0.25) is 10.4 Å². The Morgan fingerprint density at radius 3 is 2.69 bits per heavy atom. The Balaban J connectivity index is 2.94. The van der Waals surface area contributed by atoms with Gasteiger partial charge in [-0.1, -0.05) is 23.7 Å². The summed E-state index contributed by atoms with van der Waals surface area (Å²) in [6.45, 7) is 1.96. The van der Waals surface area contributed by atoms with Crippen LogP contribution < -0.4 is 0 Å². The molecule has 4 heteroatoms. The standard InChI is InChI=1S/C9H6Cl2N2/c1-5-3-2-4-6-7(5)12-9(11)13-8(6)10/h2-4H,1H3. The van der Waals surface area contributed by atoms with Gasteiger partial charge in [0, 0.05) is 5.39 Å². The zero-order valence-corrected chi connectivity index (χ0v) is 8.39. The number of nitrogens with zero attached hydrogens (tertiary/aromatic N) is 2. The van der Waals surface area contributed by atoms with Gasteiger partial charge in [-0.3, -0.25) is 0 Å². The smallest absolute Gasteiger partial charge is 0.218 e. The van der Waals surface area contributed by atoms with Crippen molar-refractivity contribution in [3.8, 4) is 0 Å². The van der Waals surface area contributed by atoms with Crippen LogP contribution in [0.4, 0.5) is 0 Å². The van der Waals surface area contributed by atoms with Crippen LogP contribution in [-0.4, -0.2) is 9.97 Å². The van der Waals surface area contributed by atoms with Crippen LogP contribution in [0.5, 0.6) is 0 Å². The van der Waals surface area contributed by atoms with Crippen molar-refractivity contribution >= 4 is 34.1 Å². The molecule has 1 aromatic heterocycles. The van der Waals surface area contributed by atoms with Gasteiger partial charge < -0.3 is 0 Å². The van der Waals surface area contributed by atoms with Crippen LogP contribution in [0, 0.1) is 6.92 Å². The summed E-state index contributed by atoms with van der Waals surface area (Å²) in [5.41, 5.74) is 1.86. The lowest BCUT2D eigenvalue weighted by atomic mass is 10.1. The predicted molar refractivity (Wildman–Crippen MR) is 54.3 cm³/mol. The lowest BCUT2D eigenvalue weighted by Gasteiger charge is -2.01. The summed E-state index contributed by atoms with van der Waals surface area (Å²) in [5, 5.41) is 1.43. The van der Waals surface area contributed by atoms with Gasteiger partial charge in [0.25, 0.3) is 0 Å². The molecule has 0 fully saturated rings. The first-order chi connectivity index (χ1) is 6.18. The number of aryl methyl sites for hydroxylation is 1. The summed E-state index contributed by atoms with van der Waals surface area (Å²) in [5.74, 6) is 0. The number of hydrogen-bond donors (Lipinski definition) is 0. The highest BCUT2D eigenvalue weighted by molar-refractivity contribution is 6.35. The molecular weight excluding hydrogens is 207 g/mol. The van der Waals surface area contributed by atoms with Crippen LogP contribution in [0.3, 0.4) is 0 Å². The quantitative estimate of drug-likeness (QED) is 0.495. The normalized spacial score (nSPS) is 10.7. The Morgan fingerprint density at radius 2 is 1.92 bits per heavy atom. The second-order valence-corrected chi connectivity index (χ2v) is 3.45. The van der Waals surface area contributed by atoms with Crippen LogP contribution in [0.1, 0.15) is 5.56 Å². The molecule has 0 atom stereocenters. The van der Waals surface area contributed by atoms with E-state index in [1.807, 2.05) is 25.1 Å². The molecule has 1 heterocycles. The summed E-state index contributed by atoms with van der Waals surface area (Å²) in [6, 6.07) is 5.75. The van der Waals surface area contributed by atoms with Crippen molar-refractivity contribution in [3.63, 3.8) is 0 Å². The first kappa shape index (κ1) is 8.73. The zero-order chi connectivity index (χ0) is 9.42. The van der Waals surface area contributed by atoms with Gasteiger partial charge in [0.15, 0.2) is 0 Å². The van der Waals surface area contributed by atoms with Gasteiger partial charge in [0.1, 0.15) is 5.15 Å². The van der Waals surface area contributed by atoms with Crippen LogP contribution in [0.15, 0.2) is 18.2 Å². The van der Waals surface area contributed by atoms with E-state index < -0.39 is 0 Å². The number of halogens is 2. The summed E-state index contributed by atoms with van der Waals surface area (Å²) >= 11 is 11.6. The van der Waals surface area contributed by atoms with E-state index in [0.717, 1.165) is 16.5 Å². The largest absolute Gasteiger partial charge is 0.224 e. The first-order valence-corrected chi connectivity index (χ1v) is 4.52. The van der Waals surface area contributed by atoms with Crippen molar-refractivity contribution in [2.24, 2.45) is 0 Å². The maximum absolute atomic E-state index is 5.90. The first-order valence-electron chi connectivity index (χ1n) is 3.77. The molecule has 0 saturated carbocycles. The fourth-order valence-corrected chi connectivity index (χ4v) is 1.68. The van der Waals surface area contributed by atoms with Crippen LogP contribution in [0.25, 0.3) is 10.9 Å². The van der Waals surface area contributed by atoms with Crippen molar-refractivity contribution in [1.29, 1.82) is 0 Å². The molecule has 0 N–H and O–H groups in total. The van der Waals surface area contributed by atoms with E-state index in [-0.39, 0.29) is 5.28 Å². The van der Waals surface area contributed by atoms with Gasteiger partial charge in [0.2, 0.25) is 5.28 Å². The number of aromatic nitrogens is 2. The summed E-state index contributed by atoms with van der Waals surface area (Å²) < 4.78 is 0. The van der Waals surface area contributed by atoms with Gasteiger partial charge in [-0.2, -0.15) is 0 Å². The molecule has 66 valence electrons. The SMILES string of the molecule is Cc1cccc2c(Cl)nc(Cl)nc12. The molecule has 0 aliphatic heterocycles. The average Bonchev–Trinajstić information content (AvgIpc) is 2.07. The molecule has 0 aliphatic rings. The molecule has 2 rings (SSSR count). The van der Waals surface area contributed by atoms with Gasteiger partial charge in [-0.15, -0.1) is 0 Å². The topological polar surface area (TPSA) is 25.8 Å². The summed E-state index contributed by atoms with van der Waals surface area (Å²) in [6.07, 6.45) is 0. The summed E-state index contributed by atoms with van der Waals surface area (Å²) in [7, 11) is 0. The highest BCUT2D eigenvalue weighted by Gasteiger charge is 2.05. The molecule has 0 amide bonds. The molecule has 13 heavy (non-hydrogen) atoms. The third-order valence-electron chi connectivity index (χ3n) is 1.85. The molecule has 1 aromatic carbocycles. The van der Waals surface area contributed by atoms with E-state index in [4.69, 9.17) is 23.2 Å². The lowest BCUT2D eigenvalue weighted by molar-refractivity contribution is 1.21. The van der Waals surface area contributed by atoms with Crippen molar-refractivity contribution in [2.45, 2.75) is 6.92 Å². The van der Waals surface area contributed by atoms with Crippen molar-refractivity contribution < 1.29 is 0 Å². The van der Waals surface area contributed by atoms with E-state index in [9.17, 15) is 0 Å². The maximum atomic E-state index is 5.90. The van der Waals surface area contributed by atoms with Gasteiger partial charge >= 0.3 is 0 Å². The Hall–Kier alpha value is -0.860. The fourth-order valence-electron chi connectivity index (χ4n) is 1.23. The molecule has 0 aliphatic carbocycles. The number of hydrogen-bond acceptors (Lipinski definition) is 2. The van der Waals surface area contributed by atoms with Gasteiger partial charge in [-0.25, -0.2) is 9.97 Å². The Kier molecular flexibility index (Phi) is 2.10. The highest BCUT2D eigenvalue weighted by atomic mass is 35.5. The molecule has 0 bridgehead atoms. The monoisotopic (exact) mass is 212 g/mol. The number of fused-ring (bicyclic) bond motifs is 1. The van der Waals surface area contributed by atoms with E-state index in [2.05, 4.69) is 9.97 Å². The van der Waals surface area contributed by atoms with E-state index in [1.54, 1.807) is 0 Å². The lowest BCUT2D eigenvalue weighted by Crippen LogP contribution is -1.88. The van der Waals surface area contributed by atoms with Gasteiger partial charge in [0.05, 0.1) is 5.52 Å². The van der Waals surface area contributed by atoms with Crippen LogP contribution >= 0.6 is 23.2 Å². The molecule has 0 spiro atoms. The van der Waals surface area contributed by atoms with Crippen LogP contribution in [-0.2, 0) is 0 Å². The Morgan fingerprint density at radius 1 is 1.15 bits per heavy atom. The molecule has 0 radical (unpaired) electrons. The van der Waals surface area contributed by atoms with E-state index >= 15 is 0 Å². The predicted octanol–water partition coefficient (Wildman–Crippen LogP) is 3.25. The molecular formula is C9H6Cl2N2. The minimum absolute atomic E-state index is 0.187. The zero-order valence-electron chi connectivity index (χ0n) is 6.88. The minimum Gasteiger partial charge on any atom is -0.218 e. The Bertz CT molecular complexity index is 468. The van der Waals surface area contributed by atoms with Crippen molar-refractivity contribution in [1.82, 2.24) is 9.97 Å². The number of rotatable bonds is 0. The molecule has 0 unspecified atom stereocenters. The third kappa shape index (κ3) is 1.47. The highest BCUT2D eigenvalue weighted by Crippen LogP contribution is 2.23. The summed E-state index contributed by atoms with van der Waals surface area (Å²) in [4.78, 5) is 7.97. The second kappa shape index (κ2) is 3.13. The van der Waals surface area contributed by atoms with E-state index in [1.165, 1.54) is 0 Å². The van der Waals surface area contributed by atoms with E-state index in [0.29, 0.717) is 5.15 Å². The molecule has 2 aromatic rings. The third-order valence-corrected chi connectivity index (χ3v) is 2.31. The van der Waals surface area contributed by atoms with Gasteiger partial charge in [-0.05, 0) is 30.2 Å².